The van der Waals surface area contributed by atoms with E-state index in [1.54, 1.807) is 0 Å². The summed E-state index contributed by atoms with van der Waals surface area (Å²) in [5.74, 6) is 3.35. The van der Waals surface area contributed by atoms with Gasteiger partial charge in [-0.05, 0) is 173 Å². The molecular formula is C55H44F9IO11S5. The monoisotopic (exact) mass is 1340 g/mol. The molecule has 0 heterocycles. The SMILES string of the molecule is Cc1ccc([S+](c2ccc(C)cc2)c2ccc(Oc3ccc([I+]c4ccc(Oc5ccc([S+](c6ccc(C)cc6)c6ccc(C)cc6)cc5)cc4)cc3)cc2)cc1.O=S(=O)([O-])C(F)(F)F.O=S(=O)([O-])C(F)(F)F.O=S(=O)([O-])C(F)(F)F. The molecule has 0 aliphatic heterocycles. The fraction of sp³-hybridized carbons (Fsp3) is 0.127. The number of benzene rings is 8. The van der Waals surface area contributed by atoms with E-state index in [-0.39, 0.29) is 43.0 Å². The minimum absolute atomic E-state index is 0.196. The summed E-state index contributed by atoms with van der Waals surface area (Å²) in [6.45, 7) is 8.54. The van der Waals surface area contributed by atoms with Gasteiger partial charge in [-0.1, -0.05) is 70.8 Å². The van der Waals surface area contributed by atoms with Gasteiger partial charge in [-0.2, -0.15) is 39.5 Å². The maximum Gasteiger partial charge on any atom is 0.485 e. The molecule has 11 nitrogen and oxygen atoms in total. The van der Waals surface area contributed by atoms with E-state index >= 15 is 0 Å². The minimum Gasteiger partial charge on any atom is -0.741 e. The van der Waals surface area contributed by atoms with Crippen molar-refractivity contribution in [1.29, 1.82) is 0 Å². The fourth-order valence-corrected chi connectivity index (χ4v) is 12.6. The Morgan fingerprint density at radius 1 is 0.309 bits per heavy atom. The highest BCUT2D eigenvalue weighted by Gasteiger charge is 2.38. The number of alkyl halides is 9. The lowest BCUT2D eigenvalue weighted by Crippen LogP contribution is -3.61. The van der Waals surface area contributed by atoms with Crippen LogP contribution in [-0.4, -0.2) is 55.4 Å². The third-order valence-corrected chi connectivity index (χ3v) is 19.2. The summed E-state index contributed by atoms with van der Waals surface area (Å²) in [7, 11) is -18.7. The molecule has 430 valence electrons. The van der Waals surface area contributed by atoms with Gasteiger partial charge in [0.15, 0.2) is 66.9 Å². The van der Waals surface area contributed by atoms with Crippen molar-refractivity contribution < 1.29 is 109 Å². The highest BCUT2D eigenvalue weighted by Crippen LogP contribution is 2.35. The molecule has 0 saturated carbocycles. The Bertz CT molecular complexity index is 3280. The van der Waals surface area contributed by atoms with Gasteiger partial charge in [-0.15, -0.1) is 0 Å². The average Bonchev–Trinajstić information content (AvgIpc) is 3.42. The summed E-state index contributed by atoms with van der Waals surface area (Å²) < 4.78 is 192. The van der Waals surface area contributed by atoms with Crippen LogP contribution in [0.1, 0.15) is 22.3 Å². The molecule has 0 bridgehead atoms. The van der Waals surface area contributed by atoms with Crippen LogP contribution in [-0.2, 0) is 52.1 Å². The number of aryl methyl sites for hydroxylation is 4. The smallest absolute Gasteiger partial charge is 0.485 e. The van der Waals surface area contributed by atoms with Crippen molar-refractivity contribution in [3.63, 3.8) is 0 Å². The van der Waals surface area contributed by atoms with Crippen LogP contribution < -0.4 is 30.7 Å². The van der Waals surface area contributed by atoms with E-state index in [9.17, 15) is 39.5 Å². The number of ether oxygens (including phenoxy) is 2. The molecule has 0 aliphatic rings. The topological polar surface area (TPSA) is 190 Å². The Morgan fingerprint density at radius 3 is 0.617 bits per heavy atom. The van der Waals surface area contributed by atoms with Gasteiger partial charge in [0.25, 0.3) is 0 Å². The van der Waals surface area contributed by atoms with Crippen molar-refractivity contribution >= 4 is 52.1 Å². The molecule has 0 atom stereocenters. The van der Waals surface area contributed by atoms with Crippen LogP contribution in [0.4, 0.5) is 39.5 Å². The molecule has 0 aliphatic carbocycles. The Hall–Kier alpha value is -6.11. The average molecular weight is 1340 g/mol. The molecule has 0 N–H and O–H groups in total. The Balaban J connectivity index is 0.000000419. The predicted octanol–water partition coefficient (Wildman–Crippen LogP) is 11.0. The third kappa shape index (κ3) is 20.4. The summed E-state index contributed by atoms with van der Waals surface area (Å²) in [6.07, 6.45) is 0. The Morgan fingerprint density at radius 2 is 0.457 bits per heavy atom. The molecule has 26 heteroatoms. The number of rotatable bonds is 12. The highest BCUT2D eigenvalue weighted by molar-refractivity contribution is 7.97. The van der Waals surface area contributed by atoms with Crippen molar-refractivity contribution in [2.24, 2.45) is 0 Å². The second-order valence-electron chi connectivity index (χ2n) is 16.7. The van der Waals surface area contributed by atoms with E-state index in [4.69, 9.17) is 48.4 Å². The van der Waals surface area contributed by atoms with E-state index in [2.05, 4.69) is 222 Å². The molecule has 0 saturated heterocycles. The second-order valence-corrected chi connectivity index (χ2v) is 27.9. The van der Waals surface area contributed by atoms with Gasteiger partial charge in [0, 0.05) is 0 Å². The normalized spacial score (nSPS) is 12.0. The lowest BCUT2D eigenvalue weighted by atomic mass is 10.2. The minimum atomic E-state index is -6.09. The van der Waals surface area contributed by atoms with Gasteiger partial charge in [-0.3, -0.25) is 0 Å². The van der Waals surface area contributed by atoms with Crippen LogP contribution in [0.15, 0.2) is 223 Å². The van der Waals surface area contributed by atoms with Crippen molar-refractivity contribution in [2.75, 3.05) is 0 Å². The quantitative estimate of drug-likeness (QED) is 0.0372. The van der Waals surface area contributed by atoms with Gasteiger partial charge in [0.05, 0.1) is 21.8 Å². The van der Waals surface area contributed by atoms with E-state index in [0.29, 0.717) is 0 Å². The van der Waals surface area contributed by atoms with Gasteiger partial charge in [0.2, 0.25) is 0 Å². The molecule has 8 aromatic rings. The van der Waals surface area contributed by atoms with Crippen LogP contribution in [0.2, 0.25) is 0 Å². The summed E-state index contributed by atoms with van der Waals surface area (Å²) in [5, 5.41) is 0. The second kappa shape index (κ2) is 27.8. The van der Waals surface area contributed by atoms with E-state index in [1.165, 1.54) is 58.8 Å². The van der Waals surface area contributed by atoms with Gasteiger partial charge >= 0.3 is 37.7 Å². The Labute approximate surface area is 478 Å². The highest BCUT2D eigenvalue weighted by atomic mass is 127. The molecular weight excluding hydrogens is 1290 g/mol. The lowest BCUT2D eigenvalue weighted by molar-refractivity contribution is -0.597. The van der Waals surface area contributed by atoms with E-state index in [1.807, 2.05) is 0 Å². The molecule has 8 aromatic carbocycles. The van der Waals surface area contributed by atoms with E-state index < -0.39 is 46.9 Å². The lowest BCUT2D eigenvalue weighted by Gasteiger charge is -2.10. The van der Waals surface area contributed by atoms with Crippen molar-refractivity contribution in [2.45, 2.75) is 73.6 Å². The molecule has 0 aromatic heterocycles. The third-order valence-electron chi connectivity index (χ3n) is 10.3. The fourth-order valence-electron chi connectivity index (χ4n) is 6.33. The van der Waals surface area contributed by atoms with Crippen molar-refractivity contribution in [1.82, 2.24) is 0 Å². The zero-order chi connectivity index (χ0) is 60.1. The summed E-state index contributed by atoms with van der Waals surface area (Å²) in [6, 6.07) is 69.9. The molecule has 0 fully saturated rings. The van der Waals surface area contributed by atoms with Gasteiger partial charge in [0.1, 0.15) is 23.0 Å². The summed E-state index contributed by atoms with van der Waals surface area (Å²) in [4.78, 5) is 7.78. The standard InChI is InChI=1S/C52H44IO2S2.3CHF3O3S/c1-37-5-25-47(26-6-37)56(48-27-7-38(2)8-28-48)51-33-21-45(22-34-51)54-43-17-13-41(14-18-43)53-42-15-19-44(20-16-42)55-46-23-35-52(36-24-46)57(49-29-9-39(3)10-30-49)50-31-11-40(4)12-32-50;3*2-1(3,4)8(5,6)7/h5-36H,1-4H3;3*(H,5,6,7)/q+3;;;/p-3. The molecule has 0 spiro atoms. The van der Waals surface area contributed by atoms with Crippen LogP contribution in [0.5, 0.6) is 23.0 Å². The maximum atomic E-state index is 10.7. The zero-order valence-electron chi connectivity index (χ0n) is 42.3. The largest absolute Gasteiger partial charge is 0.741 e. The van der Waals surface area contributed by atoms with Gasteiger partial charge in [-0.25, -0.2) is 25.3 Å². The van der Waals surface area contributed by atoms with Gasteiger partial charge < -0.3 is 23.1 Å². The van der Waals surface area contributed by atoms with Crippen LogP contribution in [0, 0.1) is 34.8 Å². The maximum absolute atomic E-state index is 10.7. The first-order valence-corrected chi connectivity index (χ1v) is 31.6. The zero-order valence-corrected chi connectivity index (χ0v) is 48.5. The molecule has 0 unspecified atom stereocenters. The summed E-state index contributed by atoms with van der Waals surface area (Å²) in [5.41, 5.74) is -11.9. The first kappa shape index (κ1) is 65.7. The van der Waals surface area contributed by atoms with Crippen molar-refractivity contribution in [3.05, 3.63) is 224 Å². The number of hydrogen-bond donors (Lipinski definition) is 0. The molecule has 0 radical (unpaired) electrons. The predicted molar refractivity (Wildman–Crippen MR) is 280 cm³/mol. The molecule has 81 heavy (non-hydrogen) atoms. The van der Waals surface area contributed by atoms with E-state index in [0.717, 1.165) is 23.0 Å². The first-order valence-electron chi connectivity index (χ1n) is 22.8. The number of halogens is 10. The molecule has 8 rings (SSSR count). The van der Waals surface area contributed by atoms with Crippen molar-refractivity contribution in [3.8, 4) is 23.0 Å². The van der Waals surface area contributed by atoms with Crippen LogP contribution >= 0.6 is 0 Å². The van der Waals surface area contributed by atoms with Crippen LogP contribution in [0.3, 0.4) is 0 Å². The van der Waals surface area contributed by atoms with Crippen LogP contribution in [0.25, 0.3) is 0 Å². The molecule has 0 amide bonds. The summed E-state index contributed by atoms with van der Waals surface area (Å²) >= 11 is -0.350. The number of hydrogen-bond acceptors (Lipinski definition) is 11. The first-order chi connectivity index (χ1) is 37.6. The Kier molecular flexibility index (Phi) is 22.5.